The summed E-state index contributed by atoms with van der Waals surface area (Å²) in [6, 6.07) is 8.31. The Bertz CT molecular complexity index is 955. The van der Waals surface area contributed by atoms with Gasteiger partial charge in [-0.1, -0.05) is 57.8 Å². The standard InChI is InChI=1S/C24H28O2S2/c1-7-8-21(25)26-22-12-11-18(27-22)10-9-17-14-19-20(13-16(17)2)28-24(5,6)15-23(19,3)4/h11-14H,7-8,15H2,1-6H3. The fourth-order valence-corrected chi connectivity index (χ4v) is 6.30. The third-order valence-electron chi connectivity index (χ3n) is 4.88. The minimum Gasteiger partial charge on any atom is -0.415 e. The second kappa shape index (κ2) is 7.97. The van der Waals surface area contributed by atoms with Gasteiger partial charge in [0.15, 0.2) is 5.06 Å². The molecule has 0 saturated carbocycles. The van der Waals surface area contributed by atoms with Crippen LogP contribution >= 0.6 is 23.1 Å². The molecule has 148 valence electrons. The molecule has 0 atom stereocenters. The lowest BCUT2D eigenvalue weighted by molar-refractivity contribution is -0.134. The molecule has 0 radical (unpaired) electrons. The van der Waals surface area contributed by atoms with Crippen LogP contribution in [0.5, 0.6) is 5.06 Å². The molecule has 1 aromatic carbocycles. The Labute approximate surface area is 177 Å². The quantitative estimate of drug-likeness (QED) is 0.414. The number of hydrogen-bond donors (Lipinski definition) is 0. The maximum Gasteiger partial charge on any atom is 0.311 e. The fraction of sp³-hybridized carbons (Fsp3) is 0.458. The first-order valence-corrected chi connectivity index (χ1v) is 11.4. The number of aryl methyl sites for hydroxylation is 1. The van der Waals surface area contributed by atoms with Gasteiger partial charge in [-0.25, -0.2) is 0 Å². The van der Waals surface area contributed by atoms with Gasteiger partial charge in [-0.15, -0.1) is 11.8 Å². The predicted octanol–water partition coefficient (Wildman–Crippen LogP) is 6.71. The van der Waals surface area contributed by atoms with Crippen LogP contribution in [0.3, 0.4) is 0 Å². The zero-order chi connectivity index (χ0) is 20.5. The van der Waals surface area contributed by atoms with Gasteiger partial charge < -0.3 is 4.74 Å². The number of ether oxygens (including phenoxy) is 1. The van der Waals surface area contributed by atoms with Gasteiger partial charge in [0.1, 0.15) is 0 Å². The van der Waals surface area contributed by atoms with E-state index in [-0.39, 0.29) is 16.1 Å². The van der Waals surface area contributed by atoms with Crippen molar-refractivity contribution in [2.24, 2.45) is 0 Å². The summed E-state index contributed by atoms with van der Waals surface area (Å²) in [7, 11) is 0. The first kappa shape index (κ1) is 21.0. The van der Waals surface area contributed by atoms with E-state index < -0.39 is 0 Å². The SMILES string of the molecule is CCCC(=O)Oc1ccc(C#Cc2cc3c(cc2C)SC(C)(C)CC3(C)C)s1. The van der Waals surface area contributed by atoms with Crippen molar-refractivity contribution in [1.82, 2.24) is 0 Å². The average molecular weight is 413 g/mol. The summed E-state index contributed by atoms with van der Waals surface area (Å²) < 4.78 is 5.59. The van der Waals surface area contributed by atoms with Crippen molar-refractivity contribution >= 4 is 29.1 Å². The van der Waals surface area contributed by atoms with Crippen molar-refractivity contribution in [3.05, 3.63) is 45.8 Å². The molecule has 0 amide bonds. The van der Waals surface area contributed by atoms with Crippen molar-refractivity contribution in [3.8, 4) is 16.9 Å². The van der Waals surface area contributed by atoms with Crippen molar-refractivity contribution < 1.29 is 9.53 Å². The number of carbonyl (C=O) groups is 1. The van der Waals surface area contributed by atoms with Gasteiger partial charge in [0, 0.05) is 21.6 Å². The first-order valence-electron chi connectivity index (χ1n) is 9.76. The molecule has 0 bridgehead atoms. The molecule has 0 saturated heterocycles. The van der Waals surface area contributed by atoms with Gasteiger partial charge in [-0.05, 0) is 60.6 Å². The van der Waals surface area contributed by atoms with Crippen LogP contribution in [0.4, 0.5) is 0 Å². The number of thiophene rings is 1. The molecule has 0 aliphatic carbocycles. The molecule has 0 spiro atoms. The molecular formula is C24H28O2S2. The number of carbonyl (C=O) groups excluding carboxylic acids is 1. The second-order valence-electron chi connectivity index (χ2n) is 8.68. The maximum absolute atomic E-state index is 11.6. The Kier molecular flexibility index (Phi) is 5.98. The number of esters is 1. The summed E-state index contributed by atoms with van der Waals surface area (Å²) in [6.07, 6.45) is 2.38. The normalized spacial score (nSPS) is 16.6. The van der Waals surface area contributed by atoms with E-state index in [0.717, 1.165) is 23.3 Å². The summed E-state index contributed by atoms with van der Waals surface area (Å²) in [4.78, 5) is 13.9. The summed E-state index contributed by atoms with van der Waals surface area (Å²) in [5.41, 5.74) is 3.81. The molecule has 1 aliphatic heterocycles. The molecule has 28 heavy (non-hydrogen) atoms. The largest absolute Gasteiger partial charge is 0.415 e. The average Bonchev–Trinajstić information content (AvgIpc) is 2.99. The summed E-state index contributed by atoms with van der Waals surface area (Å²) in [5, 5.41) is 0.615. The van der Waals surface area contributed by atoms with E-state index in [1.54, 1.807) is 0 Å². The van der Waals surface area contributed by atoms with Gasteiger partial charge in [0.25, 0.3) is 0 Å². The smallest absolute Gasteiger partial charge is 0.311 e. The van der Waals surface area contributed by atoms with Crippen molar-refractivity contribution in [2.45, 2.75) is 75.9 Å². The minimum absolute atomic E-state index is 0.137. The van der Waals surface area contributed by atoms with Gasteiger partial charge in [-0.2, -0.15) is 0 Å². The molecule has 0 fully saturated rings. The van der Waals surface area contributed by atoms with Gasteiger partial charge in [0.2, 0.25) is 0 Å². The van der Waals surface area contributed by atoms with Crippen molar-refractivity contribution in [2.75, 3.05) is 0 Å². The highest BCUT2D eigenvalue weighted by Crippen LogP contribution is 2.51. The molecule has 3 rings (SSSR count). The summed E-state index contributed by atoms with van der Waals surface area (Å²) in [6.45, 7) is 13.4. The van der Waals surface area contributed by atoms with Crippen LogP contribution in [-0.2, 0) is 10.2 Å². The molecular weight excluding hydrogens is 384 g/mol. The number of benzene rings is 1. The number of rotatable bonds is 3. The molecule has 0 N–H and O–H groups in total. The van der Waals surface area contributed by atoms with Crippen LogP contribution in [0.25, 0.3) is 0 Å². The van der Waals surface area contributed by atoms with Crippen LogP contribution in [0.15, 0.2) is 29.2 Å². The zero-order valence-electron chi connectivity index (χ0n) is 17.6. The van der Waals surface area contributed by atoms with E-state index in [0.29, 0.717) is 11.5 Å². The lowest BCUT2D eigenvalue weighted by Crippen LogP contribution is -2.33. The van der Waals surface area contributed by atoms with Gasteiger partial charge in [0.05, 0.1) is 4.88 Å². The summed E-state index contributed by atoms with van der Waals surface area (Å²) >= 11 is 3.39. The van der Waals surface area contributed by atoms with Crippen LogP contribution in [0, 0.1) is 18.8 Å². The number of hydrogen-bond acceptors (Lipinski definition) is 4. The third-order valence-corrected chi connectivity index (χ3v) is 7.01. The monoisotopic (exact) mass is 412 g/mol. The minimum atomic E-state index is -0.183. The highest BCUT2D eigenvalue weighted by molar-refractivity contribution is 8.00. The van der Waals surface area contributed by atoms with Crippen molar-refractivity contribution in [1.29, 1.82) is 0 Å². The van der Waals surface area contributed by atoms with E-state index in [4.69, 9.17) is 4.74 Å². The molecule has 1 aromatic heterocycles. The molecule has 1 aliphatic rings. The Morgan fingerprint density at radius 2 is 1.93 bits per heavy atom. The molecule has 0 unspecified atom stereocenters. The Hall–Kier alpha value is -1.70. The number of thioether (sulfide) groups is 1. The lowest BCUT2D eigenvalue weighted by atomic mass is 9.76. The zero-order valence-corrected chi connectivity index (χ0v) is 19.2. The third kappa shape index (κ3) is 4.82. The van der Waals surface area contributed by atoms with E-state index >= 15 is 0 Å². The van der Waals surface area contributed by atoms with Crippen LogP contribution in [0.1, 0.15) is 75.4 Å². The van der Waals surface area contributed by atoms with Crippen LogP contribution < -0.4 is 4.74 Å². The second-order valence-corrected chi connectivity index (χ2v) is 11.5. The molecule has 4 heteroatoms. The molecule has 2 aromatic rings. The Morgan fingerprint density at radius 1 is 1.18 bits per heavy atom. The first-order chi connectivity index (χ1) is 13.1. The topological polar surface area (TPSA) is 26.3 Å². The Balaban J connectivity index is 1.86. The highest BCUT2D eigenvalue weighted by atomic mass is 32.2. The maximum atomic E-state index is 11.6. The fourth-order valence-electron chi connectivity index (χ4n) is 3.86. The lowest BCUT2D eigenvalue weighted by Gasteiger charge is -2.42. The van der Waals surface area contributed by atoms with E-state index in [1.165, 1.54) is 27.4 Å². The van der Waals surface area contributed by atoms with E-state index in [9.17, 15) is 4.79 Å². The van der Waals surface area contributed by atoms with Gasteiger partial charge in [-0.3, -0.25) is 4.79 Å². The van der Waals surface area contributed by atoms with E-state index in [1.807, 2.05) is 30.8 Å². The van der Waals surface area contributed by atoms with Gasteiger partial charge >= 0.3 is 5.97 Å². The summed E-state index contributed by atoms with van der Waals surface area (Å²) in [5.74, 6) is 6.41. The highest BCUT2D eigenvalue weighted by Gasteiger charge is 2.38. The Morgan fingerprint density at radius 3 is 2.64 bits per heavy atom. The predicted molar refractivity (Wildman–Crippen MR) is 120 cm³/mol. The molecule has 2 nitrogen and oxygen atoms in total. The van der Waals surface area contributed by atoms with Crippen LogP contribution in [-0.4, -0.2) is 10.7 Å². The van der Waals surface area contributed by atoms with Crippen LogP contribution in [0.2, 0.25) is 0 Å². The molecule has 2 heterocycles. The van der Waals surface area contributed by atoms with E-state index in [2.05, 4.69) is 58.6 Å². The number of fused-ring (bicyclic) bond motifs is 1. The van der Waals surface area contributed by atoms with Crippen molar-refractivity contribution in [3.63, 3.8) is 0 Å².